The second-order valence-electron chi connectivity index (χ2n) is 4.97. The van der Waals surface area contributed by atoms with Gasteiger partial charge in [0.05, 0.1) is 0 Å². The van der Waals surface area contributed by atoms with Gasteiger partial charge < -0.3 is 0 Å². The van der Waals surface area contributed by atoms with Crippen LogP contribution in [0.15, 0.2) is 54.6 Å². The van der Waals surface area contributed by atoms with Crippen LogP contribution in [0.4, 0.5) is 0 Å². The van der Waals surface area contributed by atoms with Gasteiger partial charge in [0.15, 0.2) is 0 Å². The summed E-state index contributed by atoms with van der Waals surface area (Å²) in [6.07, 6.45) is -0.307. The molecule has 108 valence electrons. The molecule has 0 fully saturated rings. The van der Waals surface area contributed by atoms with Gasteiger partial charge in [-0.1, -0.05) is 0 Å². The molecule has 0 amide bonds. The van der Waals surface area contributed by atoms with Crippen molar-refractivity contribution in [2.24, 2.45) is 0 Å². The molecule has 0 saturated carbocycles. The summed E-state index contributed by atoms with van der Waals surface area (Å²) in [5.74, 6) is 0. The fourth-order valence-electron chi connectivity index (χ4n) is 1.84. The minimum atomic E-state index is -5.11. The van der Waals surface area contributed by atoms with Gasteiger partial charge in [0.25, 0.3) is 0 Å². The first-order valence-corrected chi connectivity index (χ1v) is 8.52. The van der Waals surface area contributed by atoms with E-state index < -0.39 is 7.51 Å². The third-order valence-corrected chi connectivity index (χ3v) is 4.49. The second kappa shape index (κ2) is 5.60. The van der Waals surface area contributed by atoms with Crippen molar-refractivity contribution in [3.05, 3.63) is 71.3 Å². The number of hydrogen-bond acceptors (Lipinski definition) is 4. The van der Waals surface area contributed by atoms with Crippen molar-refractivity contribution < 1.29 is 19.2 Å². The van der Waals surface area contributed by atoms with Gasteiger partial charge in [-0.2, -0.15) is 0 Å². The van der Waals surface area contributed by atoms with Crippen LogP contribution in [-0.2, 0) is 17.3 Å². The summed E-state index contributed by atoms with van der Waals surface area (Å²) in [5.41, 5.74) is 2.49. The molecule has 0 saturated heterocycles. The Hall–Kier alpha value is -1.29. The Labute approximate surface area is 118 Å². The zero-order valence-electron chi connectivity index (χ0n) is 11.3. The van der Waals surface area contributed by atoms with Crippen molar-refractivity contribution in [1.29, 1.82) is 0 Å². The van der Waals surface area contributed by atoms with Crippen LogP contribution in [0.5, 0.6) is 0 Å². The summed E-state index contributed by atoms with van der Waals surface area (Å²) < 4.78 is 5.04. The van der Waals surface area contributed by atoms with Gasteiger partial charge in [-0.3, -0.25) is 0 Å². The maximum absolute atomic E-state index is 9.97. The van der Waals surface area contributed by atoms with Crippen LogP contribution in [0.1, 0.15) is 16.7 Å². The maximum atomic E-state index is 9.97. The van der Waals surface area contributed by atoms with E-state index in [-0.39, 0.29) is 12.8 Å². The summed E-state index contributed by atoms with van der Waals surface area (Å²) in [5, 5.41) is 0. The van der Waals surface area contributed by atoms with Gasteiger partial charge in [0, 0.05) is 0 Å². The van der Waals surface area contributed by atoms with Gasteiger partial charge >= 0.3 is 118 Å². The summed E-state index contributed by atoms with van der Waals surface area (Å²) in [6, 6.07) is 16.2. The molecule has 3 N–H and O–H groups in total. The molecule has 0 heterocycles. The average Bonchev–Trinajstić information content (AvgIpc) is 2.38. The van der Waals surface area contributed by atoms with Crippen LogP contribution in [-0.4, -0.2) is 14.7 Å². The van der Waals surface area contributed by atoms with E-state index in [0.29, 0.717) is 5.56 Å². The summed E-state index contributed by atoms with van der Waals surface area (Å²) >= 11 is 0. The first kappa shape index (κ1) is 15.1. The molecule has 0 bridgehead atoms. The number of aryl methyl sites for hydroxylation is 1. The Morgan fingerprint density at radius 3 is 2.05 bits per heavy atom. The van der Waals surface area contributed by atoms with E-state index >= 15 is 0 Å². The summed E-state index contributed by atoms with van der Waals surface area (Å²) in [7, 11) is -5.11. The number of benzene rings is 2. The molecule has 0 aromatic heterocycles. The molecule has 2 rings (SSSR count). The SMILES string of the molecule is Cc1ccc(COP(O)(O)(O)Cc2ccccc2)cc1. The van der Waals surface area contributed by atoms with Crippen molar-refractivity contribution >= 4 is 7.51 Å². The van der Waals surface area contributed by atoms with E-state index in [1.165, 1.54) is 0 Å². The minimum absolute atomic E-state index is 0.0472. The molecular formula is C15H19O4P. The van der Waals surface area contributed by atoms with Crippen LogP contribution in [0.2, 0.25) is 0 Å². The van der Waals surface area contributed by atoms with Gasteiger partial charge in [-0.25, -0.2) is 0 Å². The van der Waals surface area contributed by atoms with Crippen molar-refractivity contribution in [3.63, 3.8) is 0 Å². The Morgan fingerprint density at radius 1 is 0.850 bits per heavy atom. The standard InChI is InChI=1S/C15H19O4P/c1-13-7-9-14(10-8-13)11-19-20(16,17,18)12-15-5-3-2-4-6-15/h2-10,16-18H,11-12H2,1H3. The second-order valence-corrected chi connectivity index (χ2v) is 7.68. The third kappa shape index (κ3) is 4.67. The molecule has 4 nitrogen and oxygen atoms in total. The zero-order valence-corrected chi connectivity index (χ0v) is 12.2. The quantitative estimate of drug-likeness (QED) is 0.742. The van der Waals surface area contributed by atoms with Crippen LogP contribution in [0, 0.1) is 6.92 Å². The topological polar surface area (TPSA) is 69.9 Å². The van der Waals surface area contributed by atoms with Crippen LogP contribution in [0.3, 0.4) is 0 Å². The molecule has 0 radical (unpaired) electrons. The molecule has 0 aliphatic rings. The molecule has 0 aliphatic heterocycles. The summed E-state index contributed by atoms with van der Waals surface area (Å²) in [4.78, 5) is 29.9. The Kier molecular flexibility index (Phi) is 4.23. The average molecular weight is 294 g/mol. The van der Waals surface area contributed by atoms with Crippen molar-refractivity contribution in [1.82, 2.24) is 0 Å². The molecule has 2 aromatic carbocycles. The van der Waals surface area contributed by atoms with E-state index in [1.54, 1.807) is 24.3 Å². The number of rotatable bonds is 5. The predicted molar refractivity (Wildman–Crippen MR) is 79.7 cm³/mol. The van der Waals surface area contributed by atoms with E-state index in [1.807, 2.05) is 37.3 Å². The first-order valence-electron chi connectivity index (χ1n) is 6.33. The predicted octanol–water partition coefficient (Wildman–Crippen LogP) is 2.90. The normalized spacial score (nSPS) is 13.7. The van der Waals surface area contributed by atoms with Crippen molar-refractivity contribution in [3.8, 4) is 0 Å². The van der Waals surface area contributed by atoms with Crippen molar-refractivity contribution in [2.45, 2.75) is 19.7 Å². The molecule has 0 aliphatic carbocycles. The third-order valence-electron chi connectivity index (χ3n) is 2.92. The Bertz CT molecular complexity index is 558. The summed E-state index contributed by atoms with van der Waals surface area (Å²) in [6.45, 7) is 1.92. The Balaban J connectivity index is 2.03. The van der Waals surface area contributed by atoms with E-state index in [4.69, 9.17) is 4.52 Å². The molecule has 2 aromatic rings. The van der Waals surface area contributed by atoms with Crippen molar-refractivity contribution in [2.75, 3.05) is 0 Å². The van der Waals surface area contributed by atoms with Gasteiger partial charge in [-0.05, 0) is 0 Å². The van der Waals surface area contributed by atoms with Gasteiger partial charge in [0.1, 0.15) is 0 Å². The fourth-order valence-corrected chi connectivity index (χ4v) is 3.19. The van der Waals surface area contributed by atoms with E-state index in [0.717, 1.165) is 11.1 Å². The number of hydrogen-bond donors (Lipinski definition) is 3. The molecule has 0 atom stereocenters. The van der Waals surface area contributed by atoms with E-state index in [2.05, 4.69) is 0 Å². The van der Waals surface area contributed by atoms with Crippen LogP contribution in [0.25, 0.3) is 0 Å². The van der Waals surface area contributed by atoms with Gasteiger partial charge in [0.2, 0.25) is 0 Å². The monoisotopic (exact) mass is 294 g/mol. The molecule has 20 heavy (non-hydrogen) atoms. The molecule has 5 heteroatoms. The van der Waals surface area contributed by atoms with E-state index in [9.17, 15) is 14.7 Å². The first-order chi connectivity index (χ1) is 9.32. The fraction of sp³-hybridized carbons (Fsp3) is 0.200. The molecule has 0 unspecified atom stereocenters. The van der Waals surface area contributed by atoms with Crippen LogP contribution < -0.4 is 0 Å². The zero-order chi connectivity index (χ0) is 14.7. The molecule has 0 spiro atoms. The Morgan fingerprint density at radius 2 is 1.45 bits per heavy atom. The van der Waals surface area contributed by atoms with Gasteiger partial charge in [-0.15, -0.1) is 0 Å². The van der Waals surface area contributed by atoms with Crippen LogP contribution >= 0.6 is 7.51 Å². The molecular weight excluding hydrogens is 275 g/mol.